The van der Waals surface area contributed by atoms with Gasteiger partial charge in [-0.15, -0.1) is 6.61 Å². The molecule has 58 valence electrons. The van der Waals surface area contributed by atoms with Gasteiger partial charge < -0.3 is 5.11 Å². The molecule has 2 fully saturated rings. The zero-order valence-electron chi connectivity index (χ0n) is 7.47. The second-order valence-electron chi connectivity index (χ2n) is 3.69. The molecular weight excluding hydrogens is 165 g/mol. The second-order valence-corrected chi connectivity index (χ2v) is 3.69. The molecule has 0 amide bonds. The van der Waals surface area contributed by atoms with E-state index in [1.165, 1.54) is 19.3 Å². The van der Waals surface area contributed by atoms with Crippen molar-refractivity contribution in [2.75, 3.05) is 13.7 Å². The van der Waals surface area contributed by atoms with Crippen LogP contribution in [0.2, 0.25) is 0 Å². The maximum atomic E-state index is 10.6. The minimum atomic E-state index is 0. The van der Waals surface area contributed by atoms with Crippen LogP contribution in [0.1, 0.15) is 25.7 Å². The van der Waals surface area contributed by atoms with Crippen molar-refractivity contribution < 1.29 is 56.5 Å². The molecule has 11 heavy (non-hydrogen) atoms. The largest absolute Gasteiger partial charge is 1.00 e. The third-order valence-electron chi connectivity index (χ3n) is 3.26. The normalized spacial score (nSPS) is 33.8. The maximum absolute atomic E-state index is 10.6. The molecule has 2 aliphatic rings. The Kier molecular flexibility index (Phi) is 3.62. The van der Waals surface area contributed by atoms with E-state index in [9.17, 15) is 5.11 Å². The zero-order chi connectivity index (χ0) is 7.19. The van der Waals surface area contributed by atoms with Crippen LogP contribution < -0.4 is 56.5 Å². The summed E-state index contributed by atoms with van der Waals surface area (Å²) in [6, 6.07) is 0.350. The van der Waals surface area contributed by atoms with Gasteiger partial charge in [-0.2, -0.15) is 0 Å². The van der Waals surface area contributed by atoms with Crippen molar-refractivity contribution in [3.8, 4) is 0 Å². The fraction of sp³-hybridized carbons (Fsp3) is 1.00. The van der Waals surface area contributed by atoms with Crippen LogP contribution in [0.3, 0.4) is 0 Å². The topological polar surface area (TPSA) is 26.3 Å². The molecule has 1 aliphatic carbocycles. The van der Waals surface area contributed by atoms with Crippen LogP contribution in [0.25, 0.3) is 0 Å². The number of hydrogen-bond donors (Lipinski definition) is 0. The fourth-order valence-corrected chi connectivity index (χ4v) is 2.13. The summed E-state index contributed by atoms with van der Waals surface area (Å²) in [6.07, 6.45) is 5.08. The van der Waals surface area contributed by atoms with E-state index in [1.54, 1.807) is 0 Å². The number of rotatable bonds is 1. The van der Waals surface area contributed by atoms with Gasteiger partial charge in [-0.05, 0) is 38.8 Å². The molecule has 0 radical (unpaired) electrons. The summed E-state index contributed by atoms with van der Waals surface area (Å²) in [4.78, 5) is 2.32. The van der Waals surface area contributed by atoms with Crippen LogP contribution in [-0.2, 0) is 0 Å². The molecule has 0 aromatic rings. The first-order valence-corrected chi connectivity index (χ1v) is 4.09. The molecule has 3 heteroatoms. The average molecular weight is 179 g/mol. The smallest absolute Gasteiger partial charge is 0.853 e. The first-order chi connectivity index (χ1) is 4.78. The van der Waals surface area contributed by atoms with Gasteiger partial charge in [0.15, 0.2) is 0 Å². The molecule has 1 aliphatic heterocycles. The standard InChI is InChI=1S/C8H14NO.K/c1-9-7(6-10)2-3-8(9)4-5-8;/h7H,2-6H2,1H3;/q-1;+1. The third kappa shape index (κ3) is 1.75. The first-order valence-electron chi connectivity index (χ1n) is 4.09. The summed E-state index contributed by atoms with van der Waals surface area (Å²) in [7, 11) is 2.11. The molecule has 0 aromatic carbocycles. The van der Waals surface area contributed by atoms with Crippen molar-refractivity contribution in [1.29, 1.82) is 0 Å². The molecule has 2 nitrogen and oxygen atoms in total. The van der Waals surface area contributed by atoms with Crippen molar-refractivity contribution in [2.45, 2.75) is 37.3 Å². The van der Waals surface area contributed by atoms with Gasteiger partial charge in [0.25, 0.3) is 0 Å². The number of hydrogen-bond acceptors (Lipinski definition) is 2. The van der Waals surface area contributed by atoms with Crippen LogP contribution in [0, 0.1) is 0 Å². The van der Waals surface area contributed by atoms with Crippen LogP contribution in [0.4, 0.5) is 0 Å². The van der Waals surface area contributed by atoms with Crippen molar-refractivity contribution >= 4 is 0 Å². The average Bonchev–Trinajstić information content (AvgIpc) is 2.63. The maximum Gasteiger partial charge on any atom is 1.00 e. The predicted molar refractivity (Wildman–Crippen MR) is 37.6 cm³/mol. The molecule has 0 N–H and O–H groups in total. The third-order valence-corrected chi connectivity index (χ3v) is 3.26. The van der Waals surface area contributed by atoms with E-state index in [0.717, 1.165) is 6.42 Å². The van der Waals surface area contributed by atoms with E-state index >= 15 is 0 Å². The Labute approximate surface area is 111 Å². The summed E-state index contributed by atoms with van der Waals surface area (Å²) in [5.74, 6) is 0. The van der Waals surface area contributed by atoms with E-state index in [0.29, 0.717) is 11.6 Å². The van der Waals surface area contributed by atoms with Gasteiger partial charge in [-0.3, -0.25) is 4.90 Å². The Bertz CT molecular complexity index is 147. The van der Waals surface area contributed by atoms with Crippen LogP contribution in [0.15, 0.2) is 0 Å². The van der Waals surface area contributed by atoms with Crippen molar-refractivity contribution in [3.05, 3.63) is 0 Å². The summed E-state index contributed by atoms with van der Waals surface area (Å²) < 4.78 is 0. The molecular formula is C8H14KNO. The first kappa shape index (κ1) is 10.6. The minimum Gasteiger partial charge on any atom is -0.853 e. The zero-order valence-corrected chi connectivity index (χ0v) is 10.6. The molecule has 1 atom stereocenters. The molecule has 1 spiro atoms. The fourth-order valence-electron chi connectivity index (χ4n) is 2.13. The van der Waals surface area contributed by atoms with Crippen LogP contribution in [0.5, 0.6) is 0 Å². The van der Waals surface area contributed by atoms with Crippen molar-refractivity contribution in [3.63, 3.8) is 0 Å². The van der Waals surface area contributed by atoms with E-state index in [2.05, 4.69) is 11.9 Å². The summed E-state index contributed by atoms with van der Waals surface area (Å²) in [6.45, 7) is 0.0955. The molecule has 1 unspecified atom stereocenters. The predicted octanol–water partition coefficient (Wildman–Crippen LogP) is -3.02. The van der Waals surface area contributed by atoms with Gasteiger partial charge >= 0.3 is 51.4 Å². The number of likely N-dealkylation sites (tertiary alicyclic amines) is 1. The van der Waals surface area contributed by atoms with Crippen molar-refractivity contribution in [2.24, 2.45) is 0 Å². The monoisotopic (exact) mass is 179 g/mol. The van der Waals surface area contributed by atoms with Crippen molar-refractivity contribution in [1.82, 2.24) is 4.90 Å². The molecule has 1 saturated heterocycles. The van der Waals surface area contributed by atoms with Gasteiger partial charge in [0.05, 0.1) is 0 Å². The number of nitrogens with zero attached hydrogens (tertiary/aromatic N) is 1. The molecule has 2 rings (SSSR count). The summed E-state index contributed by atoms with van der Waals surface area (Å²) in [5, 5.41) is 10.6. The Balaban J connectivity index is 0.000000605. The molecule has 1 saturated carbocycles. The van der Waals surface area contributed by atoms with E-state index < -0.39 is 0 Å². The van der Waals surface area contributed by atoms with Gasteiger partial charge in [0.1, 0.15) is 0 Å². The van der Waals surface area contributed by atoms with E-state index in [-0.39, 0.29) is 58.0 Å². The van der Waals surface area contributed by atoms with Gasteiger partial charge in [-0.1, -0.05) is 0 Å². The number of likely N-dealkylation sites (N-methyl/N-ethyl adjacent to an activating group) is 1. The van der Waals surface area contributed by atoms with Crippen LogP contribution in [-0.4, -0.2) is 30.1 Å². The Morgan fingerprint density at radius 1 is 1.45 bits per heavy atom. The molecule has 0 bridgehead atoms. The minimum absolute atomic E-state index is 0. The Morgan fingerprint density at radius 2 is 2.09 bits per heavy atom. The van der Waals surface area contributed by atoms with Gasteiger partial charge in [0.2, 0.25) is 0 Å². The summed E-state index contributed by atoms with van der Waals surface area (Å²) in [5.41, 5.74) is 0.509. The van der Waals surface area contributed by atoms with Gasteiger partial charge in [0, 0.05) is 5.54 Å². The van der Waals surface area contributed by atoms with E-state index in [1.807, 2.05) is 0 Å². The molecule has 0 aromatic heterocycles. The quantitative estimate of drug-likeness (QED) is 0.401. The SMILES string of the molecule is CN1C(C[O-])CCC12CC2.[K+]. The van der Waals surface area contributed by atoms with Gasteiger partial charge in [-0.25, -0.2) is 0 Å². The molecule has 1 heterocycles. The van der Waals surface area contributed by atoms with Crippen LogP contribution >= 0.6 is 0 Å². The summed E-state index contributed by atoms with van der Waals surface area (Å²) >= 11 is 0. The van der Waals surface area contributed by atoms with E-state index in [4.69, 9.17) is 0 Å². The Morgan fingerprint density at radius 3 is 2.36 bits per heavy atom. The second kappa shape index (κ2) is 3.74. The Hall–Kier alpha value is 1.56.